The second-order valence-electron chi connectivity index (χ2n) is 5.13. The molecule has 1 rings (SSSR count). The topological polar surface area (TPSA) is 48.4 Å². The summed E-state index contributed by atoms with van der Waals surface area (Å²) in [6.45, 7) is 5.02. The van der Waals surface area contributed by atoms with Crippen LogP contribution in [0.2, 0.25) is 0 Å². The van der Waals surface area contributed by atoms with Crippen molar-refractivity contribution in [1.82, 2.24) is 4.98 Å². The first-order chi connectivity index (χ1) is 9.65. The minimum atomic E-state index is 0.150. The third kappa shape index (κ3) is 6.66. The minimum Gasteiger partial charge on any atom is -0.493 e. The van der Waals surface area contributed by atoms with Gasteiger partial charge in [-0.15, -0.1) is 0 Å². The molecule has 0 spiro atoms. The van der Waals surface area contributed by atoms with Gasteiger partial charge in [0.25, 0.3) is 0 Å². The standard InChI is InChI=1S/C15H26N2OS2/c1-3-4-5-6-7-8-9-10-11-16-12(2)13-14(18)17-15(19)20-13/h18H,3-11H2,1-2H3,(H,17,19). The van der Waals surface area contributed by atoms with Gasteiger partial charge in [0.2, 0.25) is 5.88 Å². The van der Waals surface area contributed by atoms with E-state index >= 15 is 0 Å². The van der Waals surface area contributed by atoms with Crippen LogP contribution in [-0.2, 0) is 0 Å². The Labute approximate surface area is 131 Å². The zero-order chi connectivity index (χ0) is 14.8. The first-order valence-corrected chi connectivity index (χ1v) is 8.81. The lowest BCUT2D eigenvalue weighted by Crippen LogP contribution is -1.94. The van der Waals surface area contributed by atoms with Crippen LogP contribution in [0.5, 0.6) is 5.88 Å². The Morgan fingerprint density at radius 3 is 2.30 bits per heavy atom. The van der Waals surface area contributed by atoms with Crippen molar-refractivity contribution < 1.29 is 5.11 Å². The van der Waals surface area contributed by atoms with E-state index in [0.29, 0.717) is 3.95 Å². The molecule has 0 amide bonds. The van der Waals surface area contributed by atoms with E-state index in [-0.39, 0.29) is 5.88 Å². The van der Waals surface area contributed by atoms with Crippen LogP contribution in [0.4, 0.5) is 0 Å². The molecular weight excluding hydrogens is 288 g/mol. The zero-order valence-electron chi connectivity index (χ0n) is 12.6. The maximum absolute atomic E-state index is 9.65. The molecule has 3 nitrogen and oxygen atoms in total. The van der Waals surface area contributed by atoms with E-state index in [1.807, 2.05) is 6.92 Å². The largest absolute Gasteiger partial charge is 0.493 e. The van der Waals surface area contributed by atoms with Gasteiger partial charge in [-0.1, -0.05) is 63.2 Å². The van der Waals surface area contributed by atoms with Crippen LogP contribution >= 0.6 is 23.6 Å². The van der Waals surface area contributed by atoms with Gasteiger partial charge in [-0.3, -0.25) is 4.99 Å². The minimum absolute atomic E-state index is 0.150. The van der Waals surface area contributed by atoms with E-state index < -0.39 is 0 Å². The maximum atomic E-state index is 9.65. The second kappa shape index (κ2) is 10.1. The van der Waals surface area contributed by atoms with Gasteiger partial charge < -0.3 is 10.1 Å². The molecule has 1 aromatic heterocycles. The molecule has 1 heterocycles. The molecule has 0 radical (unpaired) electrons. The van der Waals surface area contributed by atoms with Gasteiger partial charge in [0.05, 0.1) is 5.71 Å². The summed E-state index contributed by atoms with van der Waals surface area (Å²) in [5.74, 6) is 0.150. The summed E-state index contributed by atoms with van der Waals surface area (Å²) in [5, 5.41) is 9.65. The zero-order valence-corrected chi connectivity index (χ0v) is 14.2. The molecule has 5 heteroatoms. The smallest absolute Gasteiger partial charge is 0.209 e. The molecule has 0 aliphatic carbocycles. The summed E-state index contributed by atoms with van der Waals surface area (Å²) in [7, 11) is 0. The maximum Gasteiger partial charge on any atom is 0.209 e. The van der Waals surface area contributed by atoms with Gasteiger partial charge in [0.1, 0.15) is 4.88 Å². The molecule has 0 aliphatic heterocycles. The van der Waals surface area contributed by atoms with Gasteiger partial charge in [-0.25, -0.2) is 0 Å². The third-order valence-corrected chi connectivity index (χ3v) is 4.65. The molecule has 0 unspecified atom stereocenters. The van der Waals surface area contributed by atoms with E-state index in [1.54, 1.807) is 0 Å². The Bertz CT molecular complexity index is 463. The lowest BCUT2D eigenvalue weighted by molar-refractivity contribution is 0.456. The fraction of sp³-hybridized carbons (Fsp3) is 0.733. The Morgan fingerprint density at radius 1 is 1.15 bits per heavy atom. The van der Waals surface area contributed by atoms with E-state index in [4.69, 9.17) is 12.2 Å². The van der Waals surface area contributed by atoms with Crippen molar-refractivity contribution in [2.45, 2.75) is 65.2 Å². The van der Waals surface area contributed by atoms with Crippen molar-refractivity contribution >= 4 is 29.3 Å². The number of unbranched alkanes of at least 4 members (excludes halogenated alkanes) is 7. The lowest BCUT2D eigenvalue weighted by atomic mass is 10.1. The Morgan fingerprint density at radius 2 is 1.75 bits per heavy atom. The monoisotopic (exact) mass is 314 g/mol. The predicted octanol–water partition coefficient (Wildman–Crippen LogP) is 5.46. The summed E-state index contributed by atoms with van der Waals surface area (Å²) < 4.78 is 0.596. The molecule has 2 N–H and O–H groups in total. The highest BCUT2D eigenvalue weighted by Crippen LogP contribution is 2.22. The first-order valence-electron chi connectivity index (χ1n) is 7.58. The Kier molecular flexibility index (Phi) is 8.78. The number of nitrogens with zero attached hydrogens (tertiary/aromatic N) is 1. The molecule has 114 valence electrons. The molecular formula is C15H26N2OS2. The molecule has 0 aliphatic rings. The van der Waals surface area contributed by atoms with Crippen molar-refractivity contribution in [3.8, 4) is 5.88 Å². The highest BCUT2D eigenvalue weighted by Gasteiger charge is 2.07. The number of hydrogen-bond donors (Lipinski definition) is 2. The summed E-state index contributed by atoms with van der Waals surface area (Å²) in [5.41, 5.74) is 0.878. The molecule has 0 fully saturated rings. The number of H-pyrrole nitrogens is 1. The Balaban J connectivity index is 2.15. The first kappa shape index (κ1) is 17.4. The van der Waals surface area contributed by atoms with Crippen molar-refractivity contribution in [2.75, 3.05) is 6.54 Å². The van der Waals surface area contributed by atoms with E-state index in [0.717, 1.165) is 23.6 Å². The average molecular weight is 315 g/mol. The predicted molar refractivity (Wildman–Crippen MR) is 90.9 cm³/mol. The summed E-state index contributed by atoms with van der Waals surface area (Å²) >= 11 is 6.38. The van der Waals surface area contributed by atoms with E-state index in [1.165, 1.54) is 56.3 Å². The highest BCUT2D eigenvalue weighted by atomic mass is 32.1. The fourth-order valence-electron chi connectivity index (χ4n) is 2.13. The van der Waals surface area contributed by atoms with Crippen LogP contribution in [0.1, 0.15) is 70.1 Å². The highest BCUT2D eigenvalue weighted by molar-refractivity contribution is 7.73. The van der Waals surface area contributed by atoms with Crippen LogP contribution in [0.15, 0.2) is 4.99 Å². The van der Waals surface area contributed by atoms with Gasteiger partial charge in [-0.05, 0) is 25.6 Å². The van der Waals surface area contributed by atoms with Crippen molar-refractivity contribution in [1.29, 1.82) is 0 Å². The summed E-state index contributed by atoms with van der Waals surface area (Å²) in [6.07, 6.45) is 10.5. The number of hydrogen-bond acceptors (Lipinski definition) is 4. The Hall–Kier alpha value is -0.680. The number of aromatic hydroxyl groups is 1. The fourth-order valence-corrected chi connectivity index (χ4v) is 3.17. The van der Waals surface area contributed by atoms with Crippen molar-refractivity contribution in [3.05, 3.63) is 8.83 Å². The molecule has 0 aromatic carbocycles. The summed E-state index contributed by atoms with van der Waals surface area (Å²) in [6, 6.07) is 0. The van der Waals surface area contributed by atoms with Gasteiger partial charge >= 0.3 is 0 Å². The number of thiazole rings is 1. The number of aliphatic imine (C=N–C) groups is 1. The van der Waals surface area contributed by atoms with Crippen LogP contribution in [0, 0.1) is 3.95 Å². The molecule has 0 saturated carbocycles. The second-order valence-corrected chi connectivity index (χ2v) is 6.82. The third-order valence-electron chi connectivity index (χ3n) is 3.32. The average Bonchev–Trinajstić information content (AvgIpc) is 2.75. The number of nitrogens with one attached hydrogen (secondary N) is 1. The van der Waals surface area contributed by atoms with E-state index in [9.17, 15) is 5.11 Å². The van der Waals surface area contributed by atoms with E-state index in [2.05, 4.69) is 16.9 Å². The van der Waals surface area contributed by atoms with Crippen LogP contribution < -0.4 is 0 Å². The quantitative estimate of drug-likeness (QED) is 0.342. The van der Waals surface area contributed by atoms with Crippen molar-refractivity contribution in [2.24, 2.45) is 4.99 Å². The van der Waals surface area contributed by atoms with Crippen LogP contribution in [-0.4, -0.2) is 22.3 Å². The molecule has 0 saturated heterocycles. The summed E-state index contributed by atoms with van der Waals surface area (Å²) in [4.78, 5) is 8.02. The number of aromatic amines is 1. The van der Waals surface area contributed by atoms with Gasteiger partial charge in [-0.2, -0.15) is 0 Å². The molecule has 0 atom stereocenters. The SMILES string of the molecule is CCCCCCCCCCN=C(C)c1sc(=S)[nH]c1O. The number of rotatable bonds is 10. The van der Waals surface area contributed by atoms with Gasteiger partial charge in [0.15, 0.2) is 3.95 Å². The lowest BCUT2D eigenvalue weighted by Gasteiger charge is -2.01. The number of aromatic nitrogens is 1. The van der Waals surface area contributed by atoms with Crippen LogP contribution in [0.3, 0.4) is 0 Å². The molecule has 1 aromatic rings. The molecule has 0 bridgehead atoms. The molecule has 20 heavy (non-hydrogen) atoms. The normalized spacial score (nSPS) is 12.0. The van der Waals surface area contributed by atoms with Crippen molar-refractivity contribution in [3.63, 3.8) is 0 Å². The van der Waals surface area contributed by atoms with Gasteiger partial charge in [0, 0.05) is 6.54 Å². The van der Waals surface area contributed by atoms with Crippen LogP contribution in [0.25, 0.3) is 0 Å².